The molecule has 0 amide bonds. The highest BCUT2D eigenvalue weighted by atomic mass is 31.2. The number of phosphoric acid groups is 1. The number of nitrogens with two attached hydrogens (primary N) is 1. The Hall–Kier alpha value is -1.03. The highest BCUT2D eigenvalue weighted by molar-refractivity contribution is 7.47. The van der Waals surface area contributed by atoms with Crippen LogP contribution in [0.5, 0.6) is 0 Å². The maximum Gasteiger partial charge on any atom is 0.472 e. The molecule has 0 saturated heterocycles. The van der Waals surface area contributed by atoms with Crippen molar-refractivity contribution in [2.75, 3.05) is 26.4 Å². The number of ether oxygens (including phenoxy) is 2. The Morgan fingerprint density at radius 2 is 0.958 bits per heavy atom. The van der Waals surface area contributed by atoms with E-state index in [1.807, 2.05) is 0 Å². The van der Waals surface area contributed by atoms with Gasteiger partial charge < -0.3 is 25.2 Å². The Morgan fingerprint density at radius 1 is 0.583 bits per heavy atom. The van der Waals surface area contributed by atoms with Gasteiger partial charge in [0, 0.05) is 13.0 Å². The minimum Gasteiger partial charge on any atom is -0.480 e. The first-order valence-electron chi connectivity index (χ1n) is 19.6. The summed E-state index contributed by atoms with van der Waals surface area (Å²) in [6, 6.07) is -1.47. The zero-order chi connectivity index (χ0) is 35.6. The van der Waals surface area contributed by atoms with Crippen LogP contribution in [0, 0.1) is 0 Å². The summed E-state index contributed by atoms with van der Waals surface area (Å²) in [7, 11) is -4.59. The molecule has 10 nitrogen and oxygen atoms in total. The standard InChI is InChI=1S/C37H74NO9P/c1-3-5-7-9-11-12-13-14-15-16-17-18-19-20-21-22-24-26-28-30-44-31-34(32-45-48(42,43)46-33-35(38)37(40)41)47-36(39)29-27-25-23-10-8-6-4-2/h34-35H,3-33,38H2,1-2H3,(H,40,41)(H,42,43). The summed E-state index contributed by atoms with van der Waals surface area (Å²) in [4.78, 5) is 33.2. The molecule has 0 aromatic heterocycles. The van der Waals surface area contributed by atoms with Crippen molar-refractivity contribution in [3.63, 3.8) is 0 Å². The summed E-state index contributed by atoms with van der Waals surface area (Å²) in [6.45, 7) is 3.85. The van der Waals surface area contributed by atoms with Gasteiger partial charge in [-0.15, -0.1) is 0 Å². The largest absolute Gasteiger partial charge is 0.480 e. The summed E-state index contributed by atoms with van der Waals surface area (Å²) >= 11 is 0. The van der Waals surface area contributed by atoms with E-state index in [1.165, 1.54) is 122 Å². The Kier molecular flexibility index (Phi) is 33.7. The van der Waals surface area contributed by atoms with Gasteiger partial charge in [-0.05, 0) is 12.8 Å². The number of esters is 1. The predicted octanol–water partition coefficient (Wildman–Crippen LogP) is 10.0. The topological polar surface area (TPSA) is 155 Å². The lowest BCUT2D eigenvalue weighted by atomic mass is 10.0. The monoisotopic (exact) mass is 708 g/mol. The third kappa shape index (κ3) is 33.5. The smallest absolute Gasteiger partial charge is 0.472 e. The Balaban J connectivity index is 4.08. The normalized spacial score (nSPS) is 14.1. The fourth-order valence-corrected chi connectivity index (χ4v) is 6.32. The molecule has 0 aliphatic heterocycles. The molecule has 286 valence electrons. The first-order chi connectivity index (χ1) is 23.2. The number of carbonyl (C=O) groups excluding carboxylic acids is 1. The van der Waals surface area contributed by atoms with Crippen molar-refractivity contribution < 1.29 is 42.7 Å². The predicted molar refractivity (Wildman–Crippen MR) is 194 cm³/mol. The lowest BCUT2D eigenvalue weighted by molar-refractivity contribution is -0.154. The number of carboxylic acids is 1. The van der Waals surface area contributed by atoms with Crippen LogP contribution in [0.25, 0.3) is 0 Å². The van der Waals surface area contributed by atoms with Crippen LogP contribution < -0.4 is 5.73 Å². The highest BCUT2D eigenvalue weighted by Gasteiger charge is 2.27. The van der Waals surface area contributed by atoms with Crippen LogP contribution in [0.3, 0.4) is 0 Å². The molecule has 0 spiro atoms. The van der Waals surface area contributed by atoms with Gasteiger partial charge in [0.05, 0.1) is 19.8 Å². The second-order valence-corrected chi connectivity index (χ2v) is 14.9. The van der Waals surface area contributed by atoms with Crippen LogP contribution in [0.15, 0.2) is 0 Å². The molecule has 0 fully saturated rings. The zero-order valence-corrected chi connectivity index (χ0v) is 31.7. The van der Waals surface area contributed by atoms with Crippen molar-refractivity contribution >= 4 is 19.8 Å². The number of rotatable bonds is 38. The Labute approximate surface area is 293 Å². The second kappa shape index (κ2) is 34.4. The SMILES string of the molecule is CCCCCCCCCCCCCCCCCCCCCOCC(COP(=O)(O)OCC(N)C(=O)O)OC(=O)CCCCCCCCC. The quantitative estimate of drug-likeness (QED) is 0.0321. The average molecular weight is 708 g/mol. The van der Waals surface area contributed by atoms with E-state index in [0.29, 0.717) is 13.0 Å². The van der Waals surface area contributed by atoms with Gasteiger partial charge in [-0.2, -0.15) is 0 Å². The third-order valence-corrected chi connectivity index (χ3v) is 9.59. The Morgan fingerprint density at radius 3 is 1.38 bits per heavy atom. The molecule has 0 aromatic rings. The van der Waals surface area contributed by atoms with Gasteiger partial charge in [0.2, 0.25) is 0 Å². The van der Waals surface area contributed by atoms with Gasteiger partial charge in [0.1, 0.15) is 12.1 Å². The molecule has 4 N–H and O–H groups in total. The number of hydrogen-bond acceptors (Lipinski definition) is 8. The number of aliphatic carboxylic acids is 1. The fourth-order valence-electron chi connectivity index (χ4n) is 5.55. The summed E-state index contributed by atoms with van der Waals surface area (Å²) in [5.74, 6) is -1.78. The maximum absolute atomic E-state index is 12.4. The van der Waals surface area contributed by atoms with Gasteiger partial charge in [0.25, 0.3) is 0 Å². The molecule has 11 heteroatoms. The van der Waals surface area contributed by atoms with Gasteiger partial charge in [0.15, 0.2) is 0 Å². The van der Waals surface area contributed by atoms with E-state index in [2.05, 4.69) is 18.4 Å². The lowest BCUT2D eigenvalue weighted by Crippen LogP contribution is -2.34. The van der Waals surface area contributed by atoms with Gasteiger partial charge >= 0.3 is 19.8 Å². The first kappa shape index (κ1) is 47.0. The van der Waals surface area contributed by atoms with E-state index in [0.717, 1.165) is 38.5 Å². The van der Waals surface area contributed by atoms with Crippen LogP contribution in [0.1, 0.15) is 187 Å². The van der Waals surface area contributed by atoms with Crippen LogP contribution in [-0.2, 0) is 32.7 Å². The van der Waals surface area contributed by atoms with Crippen molar-refractivity contribution in [3.05, 3.63) is 0 Å². The maximum atomic E-state index is 12.4. The molecule has 0 bridgehead atoms. The molecule has 0 rings (SSSR count). The molecule has 3 unspecified atom stereocenters. The summed E-state index contributed by atoms with van der Waals surface area (Å²) in [6.07, 6.45) is 31.8. The van der Waals surface area contributed by atoms with Crippen molar-refractivity contribution in [2.24, 2.45) is 5.73 Å². The molecule has 0 heterocycles. The van der Waals surface area contributed by atoms with E-state index in [-0.39, 0.29) is 13.0 Å². The molecule has 48 heavy (non-hydrogen) atoms. The highest BCUT2D eigenvalue weighted by Crippen LogP contribution is 2.43. The number of unbranched alkanes of at least 4 members (excludes halogenated alkanes) is 24. The number of hydrogen-bond donors (Lipinski definition) is 3. The van der Waals surface area contributed by atoms with E-state index >= 15 is 0 Å². The van der Waals surface area contributed by atoms with Crippen molar-refractivity contribution in [1.29, 1.82) is 0 Å². The van der Waals surface area contributed by atoms with E-state index < -0.39 is 45.1 Å². The number of carboxylic acid groups (broad SMARTS) is 1. The fraction of sp³-hybridized carbons (Fsp3) is 0.946. The van der Waals surface area contributed by atoms with Gasteiger partial charge in [-0.25, -0.2) is 4.57 Å². The third-order valence-electron chi connectivity index (χ3n) is 8.64. The molecular formula is C37H74NO9P. The summed E-state index contributed by atoms with van der Waals surface area (Å²) in [5.41, 5.74) is 5.32. The summed E-state index contributed by atoms with van der Waals surface area (Å²) < 4.78 is 33.1. The van der Waals surface area contributed by atoms with Crippen molar-refractivity contribution in [2.45, 2.75) is 199 Å². The van der Waals surface area contributed by atoms with Crippen molar-refractivity contribution in [3.8, 4) is 0 Å². The van der Waals surface area contributed by atoms with Crippen LogP contribution in [-0.4, -0.2) is 60.5 Å². The number of phosphoric ester groups is 1. The Bertz CT molecular complexity index is 786. The van der Waals surface area contributed by atoms with Crippen LogP contribution >= 0.6 is 7.82 Å². The van der Waals surface area contributed by atoms with Gasteiger partial charge in [-0.3, -0.25) is 18.6 Å². The van der Waals surface area contributed by atoms with Crippen molar-refractivity contribution in [1.82, 2.24) is 0 Å². The lowest BCUT2D eigenvalue weighted by Gasteiger charge is -2.20. The van der Waals surface area contributed by atoms with E-state index in [9.17, 15) is 19.0 Å². The molecule has 0 aliphatic rings. The molecule has 3 atom stereocenters. The van der Waals surface area contributed by atoms with Gasteiger partial charge in [-0.1, -0.05) is 168 Å². The first-order valence-corrected chi connectivity index (χ1v) is 21.1. The van der Waals surface area contributed by atoms with Crippen LogP contribution in [0.2, 0.25) is 0 Å². The molecule has 0 aromatic carbocycles. The minimum atomic E-state index is -4.59. The molecular weight excluding hydrogens is 633 g/mol. The zero-order valence-electron chi connectivity index (χ0n) is 30.9. The molecule has 0 radical (unpaired) electrons. The second-order valence-electron chi connectivity index (χ2n) is 13.4. The number of carbonyl (C=O) groups is 2. The molecule has 0 saturated carbocycles. The molecule has 0 aliphatic carbocycles. The average Bonchev–Trinajstić information content (AvgIpc) is 3.06. The summed E-state index contributed by atoms with van der Waals surface area (Å²) in [5, 5.41) is 8.84. The van der Waals surface area contributed by atoms with Crippen LogP contribution in [0.4, 0.5) is 0 Å². The van der Waals surface area contributed by atoms with E-state index in [1.54, 1.807) is 0 Å². The minimum absolute atomic E-state index is 0.0243. The van der Waals surface area contributed by atoms with E-state index in [4.69, 9.17) is 24.8 Å².